The van der Waals surface area contributed by atoms with Crippen LogP contribution in [0.25, 0.3) is 0 Å². The summed E-state index contributed by atoms with van der Waals surface area (Å²) in [5.41, 5.74) is 6.35. The molecule has 1 fully saturated rings. The minimum absolute atomic E-state index is 0.0526. The molecule has 1 aliphatic rings. The summed E-state index contributed by atoms with van der Waals surface area (Å²) in [7, 11) is 1.60. The highest BCUT2D eigenvalue weighted by molar-refractivity contribution is 5.95. The van der Waals surface area contributed by atoms with Crippen LogP contribution in [0.3, 0.4) is 0 Å². The molecule has 2 N–H and O–H groups in total. The van der Waals surface area contributed by atoms with Gasteiger partial charge in [0.1, 0.15) is 5.75 Å². The van der Waals surface area contributed by atoms with Crippen LogP contribution in [-0.4, -0.2) is 37.0 Å². The Morgan fingerprint density at radius 2 is 2.41 bits per heavy atom. The van der Waals surface area contributed by atoms with Crippen molar-refractivity contribution in [3.63, 3.8) is 0 Å². The number of nitrogens with zero attached hydrogens (tertiary/aromatic N) is 1. The smallest absolute Gasteiger partial charge is 0.254 e. The first-order chi connectivity index (χ1) is 8.26. The van der Waals surface area contributed by atoms with Crippen molar-refractivity contribution in [3.05, 3.63) is 29.8 Å². The zero-order valence-electron chi connectivity index (χ0n) is 10.1. The average Bonchev–Trinajstić information content (AvgIpc) is 2.86. The standard InChI is InChI=1S/C13H18N2O2/c1-17-12-6-2-4-10(8-12)13(16)15-7-3-5-11(15)9-14/h2,4,6,8,11H,3,5,7,9,14H2,1H3/t11-/m0/s1. The first-order valence-electron chi connectivity index (χ1n) is 5.91. The molecule has 0 radical (unpaired) electrons. The number of methoxy groups -OCH3 is 1. The zero-order chi connectivity index (χ0) is 12.3. The molecule has 92 valence electrons. The maximum absolute atomic E-state index is 12.3. The lowest BCUT2D eigenvalue weighted by atomic mass is 10.1. The topological polar surface area (TPSA) is 55.6 Å². The summed E-state index contributed by atoms with van der Waals surface area (Å²) in [5, 5.41) is 0. The van der Waals surface area contributed by atoms with Crippen molar-refractivity contribution >= 4 is 5.91 Å². The molecular formula is C13H18N2O2. The lowest BCUT2D eigenvalue weighted by molar-refractivity contribution is 0.0741. The lowest BCUT2D eigenvalue weighted by Gasteiger charge is -2.23. The molecule has 1 aromatic rings. The minimum Gasteiger partial charge on any atom is -0.497 e. The van der Waals surface area contributed by atoms with Gasteiger partial charge in [0.2, 0.25) is 0 Å². The number of hydrogen-bond donors (Lipinski definition) is 1. The molecule has 1 aromatic carbocycles. The molecule has 1 heterocycles. The molecule has 0 bridgehead atoms. The molecule has 1 saturated heterocycles. The van der Waals surface area contributed by atoms with Gasteiger partial charge >= 0.3 is 0 Å². The van der Waals surface area contributed by atoms with Gasteiger partial charge in [-0.2, -0.15) is 0 Å². The normalized spacial score (nSPS) is 19.4. The summed E-state index contributed by atoms with van der Waals surface area (Å²) in [6.07, 6.45) is 2.05. The van der Waals surface area contributed by atoms with Crippen LogP contribution in [0.15, 0.2) is 24.3 Å². The molecule has 0 aromatic heterocycles. The van der Waals surface area contributed by atoms with Crippen LogP contribution in [0.5, 0.6) is 5.75 Å². The Morgan fingerprint density at radius 1 is 1.59 bits per heavy atom. The lowest BCUT2D eigenvalue weighted by Crippen LogP contribution is -2.39. The third-order valence-electron chi connectivity index (χ3n) is 3.23. The van der Waals surface area contributed by atoms with Gasteiger partial charge in [0, 0.05) is 24.7 Å². The molecule has 2 rings (SSSR count). The third kappa shape index (κ3) is 2.42. The number of ether oxygens (including phenoxy) is 1. The summed E-state index contributed by atoms with van der Waals surface area (Å²) >= 11 is 0. The first kappa shape index (κ1) is 11.9. The Labute approximate surface area is 101 Å². The van der Waals surface area contributed by atoms with Crippen molar-refractivity contribution in [1.82, 2.24) is 4.90 Å². The van der Waals surface area contributed by atoms with Gasteiger partial charge in [-0.25, -0.2) is 0 Å². The number of benzene rings is 1. The molecule has 1 atom stereocenters. The van der Waals surface area contributed by atoms with E-state index in [9.17, 15) is 4.79 Å². The zero-order valence-corrected chi connectivity index (χ0v) is 10.1. The van der Waals surface area contributed by atoms with Crippen molar-refractivity contribution in [2.24, 2.45) is 5.73 Å². The molecule has 1 amide bonds. The number of nitrogens with two attached hydrogens (primary N) is 1. The van der Waals surface area contributed by atoms with Crippen molar-refractivity contribution < 1.29 is 9.53 Å². The van der Waals surface area contributed by atoms with Crippen LogP contribution in [0, 0.1) is 0 Å². The number of likely N-dealkylation sites (tertiary alicyclic amines) is 1. The largest absolute Gasteiger partial charge is 0.497 e. The highest BCUT2D eigenvalue weighted by Gasteiger charge is 2.28. The highest BCUT2D eigenvalue weighted by Crippen LogP contribution is 2.21. The Morgan fingerprint density at radius 3 is 3.12 bits per heavy atom. The van der Waals surface area contributed by atoms with Crippen LogP contribution in [-0.2, 0) is 0 Å². The van der Waals surface area contributed by atoms with Crippen molar-refractivity contribution in [3.8, 4) is 5.75 Å². The molecule has 0 saturated carbocycles. The molecule has 0 spiro atoms. The fourth-order valence-corrected chi connectivity index (χ4v) is 2.27. The molecule has 1 aliphatic heterocycles. The predicted octanol–water partition coefficient (Wildman–Crippen LogP) is 1.26. The van der Waals surface area contributed by atoms with Gasteiger partial charge in [0.15, 0.2) is 0 Å². The van der Waals surface area contributed by atoms with E-state index >= 15 is 0 Å². The monoisotopic (exact) mass is 234 g/mol. The van der Waals surface area contributed by atoms with Gasteiger partial charge in [0.05, 0.1) is 7.11 Å². The third-order valence-corrected chi connectivity index (χ3v) is 3.23. The van der Waals surface area contributed by atoms with E-state index in [1.165, 1.54) is 0 Å². The van der Waals surface area contributed by atoms with E-state index in [1.807, 2.05) is 23.1 Å². The quantitative estimate of drug-likeness (QED) is 0.856. The molecular weight excluding hydrogens is 216 g/mol. The Hall–Kier alpha value is -1.55. The van der Waals surface area contributed by atoms with Gasteiger partial charge in [-0.1, -0.05) is 6.07 Å². The number of carbonyl (C=O) groups is 1. The van der Waals surface area contributed by atoms with Crippen LogP contribution in [0.1, 0.15) is 23.2 Å². The number of amides is 1. The molecule has 0 unspecified atom stereocenters. The average molecular weight is 234 g/mol. The van der Waals surface area contributed by atoms with Gasteiger partial charge < -0.3 is 15.4 Å². The Kier molecular flexibility index (Phi) is 3.64. The summed E-state index contributed by atoms with van der Waals surface area (Å²) in [5.74, 6) is 0.760. The minimum atomic E-state index is 0.0526. The Bertz CT molecular complexity index is 406. The summed E-state index contributed by atoms with van der Waals surface area (Å²) in [6.45, 7) is 1.34. The van der Waals surface area contributed by atoms with Crippen molar-refractivity contribution in [2.45, 2.75) is 18.9 Å². The van der Waals surface area contributed by atoms with E-state index in [1.54, 1.807) is 13.2 Å². The van der Waals surface area contributed by atoms with Crippen LogP contribution in [0.4, 0.5) is 0 Å². The van der Waals surface area contributed by atoms with E-state index in [-0.39, 0.29) is 11.9 Å². The van der Waals surface area contributed by atoms with E-state index in [0.717, 1.165) is 19.4 Å². The molecule has 4 heteroatoms. The van der Waals surface area contributed by atoms with Gasteiger partial charge in [-0.3, -0.25) is 4.79 Å². The fourth-order valence-electron chi connectivity index (χ4n) is 2.27. The number of rotatable bonds is 3. The van der Waals surface area contributed by atoms with Gasteiger partial charge in [0.25, 0.3) is 5.91 Å². The van der Waals surface area contributed by atoms with Crippen LogP contribution >= 0.6 is 0 Å². The van der Waals surface area contributed by atoms with Crippen molar-refractivity contribution in [1.29, 1.82) is 0 Å². The second kappa shape index (κ2) is 5.19. The Balaban J connectivity index is 2.18. The maximum atomic E-state index is 12.3. The number of carbonyl (C=O) groups excluding carboxylic acids is 1. The fraction of sp³-hybridized carbons (Fsp3) is 0.462. The molecule has 0 aliphatic carbocycles. The van der Waals surface area contributed by atoms with E-state index < -0.39 is 0 Å². The summed E-state index contributed by atoms with van der Waals surface area (Å²) in [6, 6.07) is 7.44. The van der Waals surface area contributed by atoms with Crippen LogP contribution in [0.2, 0.25) is 0 Å². The second-order valence-corrected chi connectivity index (χ2v) is 4.26. The van der Waals surface area contributed by atoms with Gasteiger partial charge in [-0.15, -0.1) is 0 Å². The second-order valence-electron chi connectivity index (χ2n) is 4.26. The highest BCUT2D eigenvalue weighted by atomic mass is 16.5. The molecule has 4 nitrogen and oxygen atoms in total. The van der Waals surface area contributed by atoms with Crippen molar-refractivity contribution in [2.75, 3.05) is 20.2 Å². The first-order valence-corrected chi connectivity index (χ1v) is 5.91. The van der Waals surface area contributed by atoms with E-state index in [2.05, 4.69) is 0 Å². The van der Waals surface area contributed by atoms with E-state index in [0.29, 0.717) is 17.9 Å². The van der Waals surface area contributed by atoms with E-state index in [4.69, 9.17) is 10.5 Å². The van der Waals surface area contributed by atoms with Gasteiger partial charge in [-0.05, 0) is 31.0 Å². The SMILES string of the molecule is COc1cccc(C(=O)N2CCC[C@H]2CN)c1. The summed E-state index contributed by atoms with van der Waals surface area (Å²) < 4.78 is 5.13. The summed E-state index contributed by atoms with van der Waals surface area (Å²) in [4.78, 5) is 14.2. The number of hydrogen-bond acceptors (Lipinski definition) is 3. The van der Waals surface area contributed by atoms with Crippen LogP contribution < -0.4 is 10.5 Å². The predicted molar refractivity (Wildman–Crippen MR) is 66.1 cm³/mol. The maximum Gasteiger partial charge on any atom is 0.254 e. The molecule has 17 heavy (non-hydrogen) atoms.